The third-order valence-electron chi connectivity index (χ3n) is 2.27. The van der Waals surface area contributed by atoms with Gasteiger partial charge in [0.25, 0.3) is 0 Å². The van der Waals surface area contributed by atoms with E-state index in [0.29, 0.717) is 5.92 Å². The first-order chi connectivity index (χ1) is 6.02. The summed E-state index contributed by atoms with van der Waals surface area (Å²) in [4.78, 5) is 10.5. The van der Waals surface area contributed by atoms with Crippen LogP contribution in [-0.4, -0.2) is 28.0 Å². The van der Waals surface area contributed by atoms with E-state index >= 15 is 0 Å². The molecule has 0 spiro atoms. The van der Waals surface area contributed by atoms with Gasteiger partial charge < -0.3 is 5.73 Å². The van der Waals surface area contributed by atoms with Crippen LogP contribution in [-0.2, 0) is 0 Å². The zero-order valence-electron chi connectivity index (χ0n) is 7.97. The molecule has 13 heavy (non-hydrogen) atoms. The minimum absolute atomic E-state index is 0.116. The van der Waals surface area contributed by atoms with Crippen molar-refractivity contribution in [2.75, 3.05) is 5.75 Å². The van der Waals surface area contributed by atoms with E-state index in [9.17, 15) is 10.1 Å². The molecule has 0 amide bonds. The lowest BCUT2D eigenvalue weighted by Crippen LogP contribution is -2.42. The second-order valence-electron chi connectivity index (χ2n) is 3.94. The standard InChI is InChI=1S/C8H16N2O2S/c1-5(2)3-7-8(10(11)12)6(9)4-13-7/h5-8H,3-4,9H2,1-2H3. The second-order valence-corrected chi connectivity index (χ2v) is 5.21. The van der Waals surface area contributed by atoms with Gasteiger partial charge in [-0.2, -0.15) is 0 Å². The minimum atomic E-state index is -0.535. The highest BCUT2D eigenvalue weighted by Crippen LogP contribution is 2.32. The van der Waals surface area contributed by atoms with Crippen LogP contribution in [0.25, 0.3) is 0 Å². The normalized spacial score (nSPS) is 34.0. The molecule has 0 aliphatic carbocycles. The van der Waals surface area contributed by atoms with Gasteiger partial charge in [-0.05, 0) is 12.3 Å². The van der Waals surface area contributed by atoms with E-state index in [4.69, 9.17) is 5.73 Å². The Balaban J connectivity index is 2.59. The molecule has 1 saturated heterocycles. The van der Waals surface area contributed by atoms with Crippen LogP contribution in [0.2, 0.25) is 0 Å². The van der Waals surface area contributed by atoms with E-state index in [-0.39, 0.29) is 16.2 Å². The summed E-state index contributed by atoms with van der Waals surface area (Å²) >= 11 is 1.65. The second kappa shape index (κ2) is 4.28. The molecular weight excluding hydrogens is 188 g/mol. The van der Waals surface area contributed by atoms with Crippen molar-refractivity contribution in [3.05, 3.63) is 10.1 Å². The molecule has 0 aromatic rings. The number of hydrogen-bond donors (Lipinski definition) is 1. The predicted molar refractivity (Wildman–Crippen MR) is 54.5 cm³/mol. The average molecular weight is 204 g/mol. The molecule has 1 aliphatic heterocycles. The van der Waals surface area contributed by atoms with Gasteiger partial charge in [-0.3, -0.25) is 10.1 Å². The fourth-order valence-corrected chi connectivity index (χ4v) is 3.36. The van der Waals surface area contributed by atoms with Gasteiger partial charge in [0.05, 0.1) is 11.3 Å². The highest BCUT2D eigenvalue weighted by molar-refractivity contribution is 8.00. The van der Waals surface area contributed by atoms with E-state index in [1.54, 1.807) is 11.8 Å². The Hall–Kier alpha value is -0.290. The largest absolute Gasteiger partial charge is 0.321 e. The lowest BCUT2D eigenvalue weighted by molar-refractivity contribution is -0.523. The van der Waals surface area contributed by atoms with Gasteiger partial charge in [0.15, 0.2) is 0 Å². The Morgan fingerprint density at radius 3 is 2.77 bits per heavy atom. The fraction of sp³-hybridized carbons (Fsp3) is 1.00. The van der Waals surface area contributed by atoms with E-state index < -0.39 is 6.04 Å². The van der Waals surface area contributed by atoms with Crippen molar-refractivity contribution in [2.24, 2.45) is 11.7 Å². The van der Waals surface area contributed by atoms with Gasteiger partial charge in [0.2, 0.25) is 6.04 Å². The summed E-state index contributed by atoms with van der Waals surface area (Å²) < 4.78 is 0. The van der Waals surface area contributed by atoms with Crippen molar-refractivity contribution in [3.63, 3.8) is 0 Å². The molecule has 0 saturated carbocycles. The maximum absolute atomic E-state index is 10.7. The number of nitrogens with zero attached hydrogens (tertiary/aromatic N) is 1. The Labute approximate surface area is 82.4 Å². The van der Waals surface area contributed by atoms with Crippen LogP contribution in [0, 0.1) is 16.0 Å². The summed E-state index contributed by atoms with van der Waals surface area (Å²) in [6, 6.07) is -0.795. The van der Waals surface area contributed by atoms with Crippen LogP contribution in [0.15, 0.2) is 0 Å². The summed E-state index contributed by atoms with van der Waals surface area (Å²) in [7, 11) is 0. The maximum atomic E-state index is 10.7. The summed E-state index contributed by atoms with van der Waals surface area (Å²) in [6.07, 6.45) is 0.893. The molecule has 4 nitrogen and oxygen atoms in total. The molecule has 0 radical (unpaired) electrons. The first-order valence-corrected chi connectivity index (χ1v) is 5.58. The molecule has 1 heterocycles. The van der Waals surface area contributed by atoms with Crippen molar-refractivity contribution in [1.82, 2.24) is 0 Å². The number of rotatable bonds is 3. The Bertz CT molecular complexity index is 199. The van der Waals surface area contributed by atoms with Crippen molar-refractivity contribution < 1.29 is 4.92 Å². The lowest BCUT2D eigenvalue weighted by atomic mass is 10.00. The number of hydrogen-bond acceptors (Lipinski definition) is 4. The summed E-state index contributed by atoms with van der Waals surface area (Å²) in [5.74, 6) is 1.23. The monoisotopic (exact) mass is 204 g/mol. The SMILES string of the molecule is CC(C)CC1SCC(N)C1[N+](=O)[O-]. The Morgan fingerprint density at radius 1 is 1.69 bits per heavy atom. The first-order valence-electron chi connectivity index (χ1n) is 4.53. The molecule has 3 unspecified atom stereocenters. The Kier molecular flexibility index (Phi) is 3.55. The highest BCUT2D eigenvalue weighted by Gasteiger charge is 2.43. The first kappa shape index (κ1) is 10.8. The van der Waals surface area contributed by atoms with Gasteiger partial charge in [0, 0.05) is 10.7 Å². The number of nitro groups is 1. The molecule has 5 heteroatoms. The van der Waals surface area contributed by atoms with Crippen LogP contribution in [0.4, 0.5) is 0 Å². The smallest absolute Gasteiger partial charge is 0.240 e. The fourth-order valence-electron chi connectivity index (χ4n) is 1.67. The molecule has 1 rings (SSSR count). The molecule has 1 fully saturated rings. The average Bonchev–Trinajstić information content (AvgIpc) is 2.30. The predicted octanol–water partition coefficient (Wildman–Crippen LogP) is 1.12. The van der Waals surface area contributed by atoms with Crippen LogP contribution >= 0.6 is 11.8 Å². The van der Waals surface area contributed by atoms with Crippen LogP contribution in [0.1, 0.15) is 20.3 Å². The molecule has 2 N–H and O–H groups in total. The molecule has 0 aromatic heterocycles. The van der Waals surface area contributed by atoms with Crippen LogP contribution in [0.5, 0.6) is 0 Å². The van der Waals surface area contributed by atoms with Crippen LogP contribution < -0.4 is 5.73 Å². The van der Waals surface area contributed by atoms with Crippen molar-refractivity contribution in [3.8, 4) is 0 Å². The topological polar surface area (TPSA) is 69.2 Å². The van der Waals surface area contributed by atoms with Gasteiger partial charge in [-0.1, -0.05) is 13.8 Å². The van der Waals surface area contributed by atoms with Gasteiger partial charge in [0.1, 0.15) is 0 Å². The molecule has 0 aromatic carbocycles. The lowest BCUT2D eigenvalue weighted by Gasteiger charge is -2.15. The van der Waals surface area contributed by atoms with Crippen LogP contribution in [0.3, 0.4) is 0 Å². The van der Waals surface area contributed by atoms with E-state index in [2.05, 4.69) is 13.8 Å². The summed E-state index contributed by atoms with van der Waals surface area (Å²) in [6.45, 7) is 4.17. The van der Waals surface area contributed by atoms with Crippen molar-refractivity contribution in [1.29, 1.82) is 0 Å². The number of nitrogens with two attached hydrogens (primary N) is 1. The molecular formula is C8H16N2O2S. The van der Waals surface area contributed by atoms with E-state index in [1.165, 1.54) is 0 Å². The maximum Gasteiger partial charge on any atom is 0.240 e. The van der Waals surface area contributed by atoms with Crippen molar-refractivity contribution >= 4 is 11.8 Å². The molecule has 1 aliphatic rings. The third kappa shape index (κ3) is 2.57. The van der Waals surface area contributed by atoms with Gasteiger partial charge in [-0.15, -0.1) is 11.8 Å². The third-order valence-corrected chi connectivity index (χ3v) is 3.75. The molecule has 76 valence electrons. The zero-order chi connectivity index (χ0) is 10.0. The van der Waals surface area contributed by atoms with E-state index in [0.717, 1.165) is 12.2 Å². The van der Waals surface area contributed by atoms with E-state index in [1.807, 2.05) is 0 Å². The van der Waals surface area contributed by atoms with Crippen molar-refractivity contribution in [2.45, 2.75) is 37.6 Å². The summed E-state index contributed by atoms with van der Waals surface area (Å²) in [5, 5.41) is 10.8. The Morgan fingerprint density at radius 2 is 2.31 bits per heavy atom. The zero-order valence-corrected chi connectivity index (χ0v) is 8.79. The number of thioether (sulfide) groups is 1. The highest BCUT2D eigenvalue weighted by atomic mass is 32.2. The molecule has 3 atom stereocenters. The minimum Gasteiger partial charge on any atom is -0.321 e. The van der Waals surface area contributed by atoms with Gasteiger partial charge in [-0.25, -0.2) is 0 Å². The molecule has 0 bridgehead atoms. The summed E-state index contributed by atoms with van der Waals surface area (Å²) in [5.41, 5.74) is 5.68. The van der Waals surface area contributed by atoms with Gasteiger partial charge >= 0.3 is 0 Å². The quantitative estimate of drug-likeness (QED) is 0.552.